The van der Waals surface area contributed by atoms with Crippen LogP contribution in [-0.4, -0.2) is 37.6 Å². The maximum Gasteiger partial charge on any atom is 0.251 e. The maximum absolute atomic E-state index is 12.5. The number of methoxy groups -OCH3 is 1. The van der Waals surface area contributed by atoms with Crippen molar-refractivity contribution < 1.29 is 9.53 Å². The Labute approximate surface area is 155 Å². The van der Waals surface area contributed by atoms with Crippen molar-refractivity contribution in [2.24, 2.45) is 0 Å². The molecule has 0 unspecified atom stereocenters. The summed E-state index contributed by atoms with van der Waals surface area (Å²) >= 11 is 0. The third kappa shape index (κ3) is 4.97. The number of nitrogens with one attached hydrogen (secondary N) is 1. The van der Waals surface area contributed by atoms with Gasteiger partial charge in [-0.05, 0) is 49.1 Å². The number of amides is 1. The van der Waals surface area contributed by atoms with Gasteiger partial charge in [-0.15, -0.1) is 0 Å². The van der Waals surface area contributed by atoms with Crippen molar-refractivity contribution in [1.29, 1.82) is 0 Å². The molecular formula is C21H27N3O2. The largest absolute Gasteiger partial charge is 0.497 e. The van der Waals surface area contributed by atoms with E-state index in [4.69, 9.17) is 4.74 Å². The van der Waals surface area contributed by atoms with E-state index in [1.807, 2.05) is 30.3 Å². The molecule has 1 N–H and O–H groups in total. The SMILES string of the molecule is COc1cccc(CCNC(=O)c2ccnc(N3CCCCCC3)c2)c1. The van der Waals surface area contributed by atoms with Crippen molar-refractivity contribution in [2.45, 2.75) is 32.1 Å². The van der Waals surface area contributed by atoms with E-state index in [1.165, 1.54) is 25.7 Å². The molecule has 1 saturated heterocycles. The van der Waals surface area contributed by atoms with Crippen LogP contribution in [0, 0.1) is 0 Å². The summed E-state index contributed by atoms with van der Waals surface area (Å²) in [5.74, 6) is 1.70. The molecule has 2 aromatic rings. The molecule has 2 heterocycles. The number of rotatable bonds is 6. The van der Waals surface area contributed by atoms with E-state index in [9.17, 15) is 4.79 Å². The first kappa shape index (κ1) is 18.2. The number of pyridine rings is 1. The standard InChI is InChI=1S/C21H27N3O2/c1-26-19-8-6-7-17(15-19)9-11-23-21(25)18-10-12-22-20(16-18)24-13-4-2-3-5-14-24/h6-8,10,12,15-16H,2-5,9,11,13-14H2,1H3,(H,23,25). The monoisotopic (exact) mass is 353 g/mol. The van der Waals surface area contributed by atoms with Gasteiger partial charge < -0.3 is 15.0 Å². The topological polar surface area (TPSA) is 54.5 Å². The van der Waals surface area contributed by atoms with Crippen LogP contribution in [0.4, 0.5) is 5.82 Å². The smallest absolute Gasteiger partial charge is 0.251 e. The summed E-state index contributed by atoms with van der Waals surface area (Å²) in [6, 6.07) is 11.6. The highest BCUT2D eigenvalue weighted by Crippen LogP contribution is 2.18. The second-order valence-electron chi connectivity index (χ2n) is 6.66. The summed E-state index contributed by atoms with van der Waals surface area (Å²) < 4.78 is 5.23. The van der Waals surface area contributed by atoms with Crippen LogP contribution in [0.3, 0.4) is 0 Å². The lowest BCUT2D eigenvalue weighted by molar-refractivity contribution is 0.0954. The van der Waals surface area contributed by atoms with Gasteiger partial charge in [0.1, 0.15) is 11.6 Å². The summed E-state index contributed by atoms with van der Waals surface area (Å²) in [5, 5.41) is 3.00. The van der Waals surface area contributed by atoms with Crippen molar-refractivity contribution in [3.05, 3.63) is 53.7 Å². The molecule has 0 spiro atoms. The van der Waals surface area contributed by atoms with Gasteiger partial charge in [0.25, 0.3) is 5.91 Å². The number of carbonyl (C=O) groups is 1. The molecule has 0 atom stereocenters. The number of hydrogen-bond acceptors (Lipinski definition) is 4. The molecule has 0 saturated carbocycles. The van der Waals surface area contributed by atoms with E-state index < -0.39 is 0 Å². The fraction of sp³-hybridized carbons (Fsp3) is 0.429. The summed E-state index contributed by atoms with van der Waals surface area (Å²) in [5.41, 5.74) is 1.81. The Morgan fingerprint density at radius 1 is 1.15 bits per heavy atom. The Kier molecular flexibility index (Phi) is 6.47. The lowest BCUT2D eigenvalue weighted by Crippen LogP contribution is -2.28. The normalized spacial score (nSPS) is 14.6. The molecule has 1 fully saturated rings. The van der Waals surface area contributed by atoms with Crippen LogP contribution >= 0.6 is 0 Å². The molecule has 5 heteroatoms. The van der Waals surface area contributed by atoms with Crippen molar-refractivity contribution in [3.63, 3.8) is 0 Å². The Balaban J connectivity index is 1.56. The van der Waals surface area contributed by atoms with Crippen molar-refractivity contribution in [1.82, 2.24) is 10.3 Å². The number of carbonyl (C=O) groups excluding carboxylic acids is 1. The molecule has 0 bridgehead atoms. The van der Waals surface area contributed by atoms with Gasteiger partial charge in [0, 0.05) is 31.4 Å². The van der Waals surface area contributed by atoms with E-state index in [-0.39, 0.29) is 5.91 Å². The third-order valence-electron chi connectivity index (χ3n) is 4.77. The highest BCUT2D eigenvalue weighted by Gasteiger charge is 2.13. The predicted molar refractivity (Wildman–Crippen MR) is 104 cm³/mol. The maximum atomic E-state index is 12.5. The number of hydrogen-bond donors (Lipinski definition) is 1. The molecule has 1 aromatic carbocycles. The van der Waals surface area contributed by atoms with E-state index in [0.29, 0.717) is 12.1 Å². The molecule has 5 nitrogen and oxygen atoms in total. The zero-order chi connectivity index (χ0) is 18.2. The first-order chi connectivity index (χ1) is 12.8. The molecule has 0 aliphatic carbocycles. The zero-order valence-electron chi connectivity index (χ0n) is 15.4. The second-order valence-corrected chi connectivity index (χ2v) is 6.66. The van der Waals surface area contributed by atoms with Gasteiger partial charge in [-0.1, -0.05) is 25.0 Å². The van der Waals surface area contributed by atoms with E-state index in [0.717, 1.165) is 36.6 Å². The minimum Gasteiger partial charge on any atom is -0.497 e. The first-order valence-corrected chi connectivity index (χ1v) is 9.38. The summed E-state index contributed by atoms with van der Waals surface area (Å²) in [6.07, 6.45) is 7.45. The predicted octanol–water partition coefficient (Wildman–Crippen LogP) is 3.44. The Morgan fingerprint density at radius 3 is 2.73 bits per heavy atom. The first-order valence-electron chi connectivity index (χ1n) is 9.38. The fourth-order valence-electron chi connectivity index (χ4n) is 3.28. The average molecular weight is 353 g/mol. The number of nitrogens with zero attached hydrogens (tertiary/aromatic N) is 2. The van der Waals surface area contributed by atoms with Gasteiger partial charge in [0.15, 0.2) is 0 Å². The van der Waals surface area contributed by atoms with Gasteiger partial charge >= 0.3 is 0 Å². The van der Waals surface area contributed by atoms with E-state index >= 15 is 0 Å². The van der Waals surface area contributed by atoms with Crippen molar-refractivity contribution in [3.8, 4) is 5.75 Å². The van der Waals surface area contributed by atoms with Crippen LogP contribution in [0.5, 0.6) is 5.75 Å². The van der Waals surface area contributed by atoms with E-state index in [2.05, 4.69) is 15.2 Å². The van der Waals surface area contributed by atoms with Crippen LogP contribution in [0.2, 0.25) is 0 Å². The minimum atomic E-state index is -0.0497. The number of benzene rings is 1. The molecule has 1 aliphatic rings. The molecule has 26 heavy (non-hydrogen) atoms. The van der Waals surface area contributed by atoms with Crippen LogP contribution < -0.4 is 15.0 Å². The number of ether oxygens (including phenoxy) is 1. The van der Waals surface area contributed by atoms with Crippen molar-refractivity contribution >= 4 is 11.7 Å². The Morgan fingerprint density at radius 2 is 1.96 bits per heavy atom. The zero-order valence-corrected chi connectivity index (χ0v) is 15.4. The average Bonchev–Trinajstić information content (AvgIpc) is 2.98. The Bertz CT molecular complexity index is 725. The highest BCUT2D eigenvalue weighted by atomic mass is 16.5. The molecule has 138 valence electrons. The van der Waals surface area contributed by atoms with Gasteiger partial charge in [0.05, 0.1) is 7.11 Å². The second kappa shape index (κ2) is 9.22. The highest BCUT2D eigenvalue weighted by molar-refractivity contribution is 5.94. The van der Waals surface area contributed by atoms with Crippen molar-refractivity contribution in [2.75, 3.05) is 31.6 Å². The third-order valence-corrected chi connectivity index (χ3v) is 4.77. The summed E-state index contributed by atoms with van der Waals surface area (Å²) in [7, 11) is 1.66. The Hall–Kier alpha value is -2.56. The van der Waals surface area contributed by atoms with Crippen LogP contribution in [0.25, 0.3) is 0 Å². The minimum absolute atomic E-state index is 0.0497. The van der Waals surface area contributed by atoms with Crippen LogP contribution in [0.15, 0.2) is 42.6 Å². The van der Waals surface area contributed by atoms with Gasteiger partial charge in [0.2, 0.25) is 0 Å². The molecule has 1 amide bonds. The van der Waals surface area contributed by atoms with Gasteiger partial charge in [-0.25, -0.2) is 4.98 Å². The lowest BCUT2D eigenvalue weighted by atomic mass is 10.1. The summed E-state index contributed by atoms with van der Waals surface area (Å²) in [4.78, 5) is 19.2. The number of anilines is 1. The molecule has 1 aliphatic heterocycles. The summed E-state index contributed by atoms with van der Waals surface area (Å²) in [6.45, 7) is 2.63. The number of aromatic nitrogens is 1. The molecular weight excluding hydrogens is 326 g/mol. The molecule has 0 radical (unpaired) electrons. The fourth-order valence-corrected chi connectivity index (χ4v) is 3.28. The molecule has 3 rings (SSSR count). The quantitative estimate of drug-likeness (QED) is 0.864. The van der Waals surface area contributed by atoms with Crippen LogP contribution in [0.1, 0.15) is 41.6 Å². The van der Waals surface area contributed by atoms with Gasteiger partial charge in [-0.2, -0.15) is 0 Å². The molecule has 1 aromatic heterocycles. The van der Waals surface area contributed by atoms with Gasteiger partial charge in [-0.3, -0.25) is 4.79 Å². The van der Waals surface area contributed by atoms with Crippen LogP contribution in [-0.2, 0) is 6.42 Å². The van der Waals surface area contributed by atoms with E-state index in [1.54, 1.807) is 19.4 Å². The lowest BCUT2D eigenvalue weighted by Gasteiger charge is -2.21.